The normalized spacial score (nSPS) is 11.7. The van der Waals surface area contributed by atoms with Crippen molar-refractivity contribution >= 4 is 23.6 Å². The number of nitrogens with one attached hydrogen (secondary N) is 1. The molecule has 0 aliphatic heterocycles. The van der Waals surface area contributed by atoms with Crippen LogP contribution in [0.4, 0.5) is 5.69 Å². The Balaban J connectivity index is 2.59. The third kappa shape index (κ3) is 3.91. The standard InChI is InChI=1S/C15H18N4O3S/c1-3-11(17-10-5-4-6-16-9-10)12-13(20)18-15(23)19(14(12)21)7-8-22-2/h4-6,9,21H,3,7-8H2,1-2H3,(H,18,20,23). The van der Waals surface area contributed by atoms with Crippen LogP contribution in [0.1, 0.15) is 18.9 Å². The molecule has 122 valence electrons. The van der Waals surface area contributed by atoms with E-state index in [4.69, 9.17) is 17.0 Å². The third-order valence-corrected chi connectivity index (χ3v) is 3.55. The largest absolute Gasteiger partial charge is 0.494 e. The summed E-state index contributed by atoms with van der Waals surface area (Å²) in [6.45, 7) is 2.54. The fourth-order valence-electron chi connectivity index (χ4n) is 2.10. The van der Waals surface area contributed by atoms with Crippen molar-refractivity contribution in [3.8, 4) is 5.88 Å². The third-order valence-electron chi connectivity index (χ3n) is 3.22. The van der Waals surface area contributed by atoms with Crippen LogP contribution < -0.4 is 5.56 Å². The summed E-state index contributed by atoms with van der Waals surface area (Å²) in [6, 6.07) is 3.52. The first-order valence-electron chi connectivity index (χ1n) is 7.11. The van der Waals surface area contributed by atoms with Crippen molar-refractivity contribution in [2.45, 2.75) is 19.9 Å². The molecular weight excluding hydrogens is 316 g/mol. The number of aromatic nitrogens is 3. The second kappa shape index (κ2) is 7.80. The first-order chi connectivity index (χ1) is 11.1. The topological polar surface area (TPSA) is 92.5 Å². The second-order valence-electron chi connectivity index (χ2n) is 4.73. The number of hydrogen-bond donors (Lipinski definition) is 2. The highest BCUT2D eigenvalue weighted by Gasteiger charge is 2.17. The number of aliphatic imine (C=N–C) groups is 1. The molecule has 0 amide bonds. The molecule has 2 aromatic heterocycles. The van der Waals surface area contributed by atoms with Crippen LogP contribution in [0, 0.1) is 4.77 Å². The highest BCUT2D eigenvalue weighted by atomic mass is 32.1. The summed E-state index contributed by atoms with van der Waals surface area (Å²) in [7, 11) is 1.55. The van der Waals surface area contributed by atoms with Crippen LogP contribution in [-0.4, -0.2) is 39.1 Å². The van der Waals surface area contributed by atoms with E-state index in [1.807, 2.05) is 6.92 Å². The van der Waals surface area contributed by atoms with Gasteiger partial charge in [-0.3, -0.25) is 24.3 Å². The monoisotopic (exact) mass is 334 g/mol. The highest BCUT2D eigenvalue weighted by Crippen LogP contribution is 2.19. The Morgan fingerprint density at radius 3 is 2.96 bits per heavy atom. The molecule has 8 heteroatoms. The zero-order valence-corrected chi connectivity index (χ0v) is 13.8. The van der Waals surface area contributed by atoms with Gasteiger partial charge >= 0.3 is 0 Å². The van der Waals surface area contributed by atoms with Gasteiger partial charge in [0.1, 0.15) is 5.56 Å². The summed E-state index contributed by atoms with van der Waals surface area (Å²) in [6.07, 6.45) is 3.69. The van der Waals surface area contributed by atoms with Crippen molar-refractivity contribution < 1.29 is 9.84 Å². The number of ether oxygens (including phenoxy) is 1. The number of methoxy groups -OCH3 is 1. The number of aromatic amines is 1. The van der Waals surface area contributed by atoms with Crippen molar-refractivity contribution in [1.82, 2.24) is 14.5 Å². The van der Waals surface area contributed by atoms with Crippen molar-refractivity contribution in [3.05, 3.63) is 45.2 Å². The van der Waals surface area contributed by atoms with Crippen LogP contribution in [0.3, 0.4) is 0 Å². The van der Waals surface area contributed by atoms with Gasteiger partial charge in [0.25, 0.3) is 5.56 Å². The van der Waals surface area contributed by atoms with E-state index in [1.165, 1.54) is 4.57 Å². The lowest BCUT2D eigenvalue weighted by molar-refractivity contribution is 0.182. The van der Waals surface area contributed by atoms with Crippen LogP contribution >= 0.6 is 12.2 Å². The number of nitrogens with zero attached hydrogens (tertiary/aromatic N) is 3. The van der Waals surface area contributed by atoms with Crippen LogP contribution in [0.5, 0.6) is 5.88 Å². The molecule has 0 radical (unpaired) electrons. The molecule has 0 bridgehead atoms. The molecule has 0 unspecified atom stereocenters. The van der Waals surface area contributed by atoms with E-state index < -0.39 is 5.56 Å². The summed E-state index contributed by atoms with van der Waals surface area (Å²) < 4.78 is 6.56. The second-order valence-corrected chi connectivity index (χ2v) is 5.11. The summed E-state index contributed by atoms with van der Waals surface area (Å²) in [5.41, 5.74) is 0.707. The molecule has 0 saturated carbocycles. The predicted molar refractivity (Wildman–Crippen MR) is 90.2 cm³/mol. The predicted octanol–water partition coefficient (Wildman–Crippen LogP) is 2.18. The number of rotatable bonds is 6. The molecule has 0 saturated heterocycles. The molecule has 0 aromatic carbocycles. The quantitative estimate of drug-likeness (QED) is 0.624. The van der Waals surface area contributed by atoms with Crippen molar-refractivity contribution in [2.24, 2.45) is 4.99 Å². The minimum Gasteiger partial charge on any atom is -0.494 e. The zero-order chi connectivity index (χ0) is 16.8. The van der Waals surface area contributed by atoms with Crippen molar-refractivity contribution in [2.75, 3.05) is 13.7 Å². The molecule has 2 rings (SSSR count). The van der Waals surface area contributed by atoms with E-state index in [0.717, 1.165) is 0 Å². The van der Waals surface area contributed by atoms with Crippen LogP contribution in [0.25, 0.3) is 0 Å². The molecular formula is C15H18N4O3S. The average Bonchev–Trinajstić information content (AvgIpc) is 2.54. The first-order valence-corrected chi connectivity index (χ1v) is 7.52. The van der Waals surface area contributed by atoms with E-state index in [9.17, 15) is 9.90 Å². The van der Waals surface area contributed by atoms with Gasteiger partial charge in [-0.25, -0.2) is 0 Å². The molecule has 2 aromatic rings. The van der Waals surface area contributed by atoms with Gasteiger partial charge in [-0.2, -0.15) is 0 Å². The van der Waals surface area contributed by atoms with Crippen LogP contribution in [0.2, 0.25) is 0 Å². The van der Waals surface area contributed by atoms with E-state index in [0.29, 0.717) is 31.0 Å². The maximum absolute atomic E-state index is 12.3. The minimum atomic E-state index is -0.467. The van der Waals surface area contributed by atoms with Crippen molar-refractivity contribution in [1.29, 1.82) is 0 Å². The van der Waals surface area contributed by atoms with E-state index >= 15 is 0 Å². The highest BCUT2D eigenvalue weighted by molar-refractivity contribution is 7.71. The van der Waals surface area contributed by atoms with Gasteiger partial charge < -0.3 is 9.84 Å². The fraction of sp³-hybridized carbons (Fsp3) is 0.333. The lowest BCUT2D eigenvalue weighted by atomic mass is 10.1. The number of H-pyrrole nitrogens is 1. The lowest BCUT2D eigenvalue weighted by Crippen LogP contribution is -2.23. The Morgan fingerprint density at radius 2 is 2.35 bits per heavy atom. The Morgan fingerprint density at radius 1 is 1.57 bits per heavy atom. The summed E-state index contributed by atoms with van der Waals surface area (Å²) in [4.78, 5) is 23.2. The average molecular weight is 334 g/mol. The number of pyridine rings is 1. The summed E-state index contributed by atoms with van der Waals surface area (Å²) in [5.74, 6) is -0.208. The first kappa shape index (κ1) is 17.0. The van der Waals surface area contributed by atoms with Gasteiger partial charge in [0.2, 0.25) is 5.88 Å². The molecule has 0 fully saturated rings. The van der Waals surface area contributed by atoms with Gasteiger partial charge in [0, 0.05) is 13.3 Å². The lowest BCUT2D eigenvalue weighted by Gasteiger charge is -2.13. The number of hydrogen-bond acceptors (Lipinski definition) is 6. The molecule has 0 spiro atoms. The number of aromatic hydroxyl groups is 1. The van der Waals surface area contributed by atoms with E-state index in [2.05, 4.69) is 15.0 Å². The van der Waals surface area contributed by atoms with Crippen LogP contribution in [0.15, 0.2) is 34.3 Å². The van der Waals surface area contributed by atoms with E-state index in [1.54, 1.807) is 31.6 Å². The van der Waals surface area contributed by atoms with Gasteiger partial charge in [-0.05, 0) is 30.8 Å². The Kier molecular flexibility index (Phi) is 5.78. The van der Waals surface area contributed by atoms with E-state index in [-0.39, 0.29) is 16.2 Å². The van der Waals surface area contributed by atoms with Gasteiger partial charge in [-0.15, -0.1) is 0 Å². The SMILES string of the molecule is CCC(=Nc1cccnc1)c1c(O)n(CCOC)c(=S)[nH]c1=O. The Bertz CT molecular complexity index is 812. The Labute approximate surface area is 138 Å². The molecule has 0 aliphatic carbocycles. The molecule has 2 N–H and O–H groups in total. The smallest absolute Gasteiger partial charge is 0.264 e. The minimum absolute atomic E-state index is 0.112. The summed E-state index contributed by atoms with van der Waals surface area (Å²) >= 11 is 5.09. The van der Waals surface area contributed by atoms with Crippen molar-refractivity contribution in [3.63, 3.8) is 0 Å². The van der Waals surface area contributed by atoms with Gasteiger partial charge in [0.05, 0.1) is 30.7 Å². The zero-order valence-electron chi connectivity index (χ0n) is 12.9. The van der Waals surface area contributed by atoms with Gasteiger partial charge in [0.15, 0.2) is 4.77 Å². The van der Waals surface area contributed by atoms with Crippen LogP contribution in [-0.2, 0) is 11.3 Å². The molecule has 0 aliphatic rings. The molecule has 23 heavy (non-hydrogen) atoms. The Hall–Kier alpha value is -2.32. The molecule has 7 nitrogen and oxygen atoms in total. The maximum atomic E-state index is 12.3. The van der Waals surface area contributed by atoms with Gasteiger partial charge in [-0.1, -0.05) is 6.92 Å². The maximum Gasteiger partial charge on any atom is 0.264 e. The fourth-order valence-corrected chi connectivity index (χ4v) is 2.37. The summed E-state index contributed by atoms with van der Waals surface area (Å²) in [5, 5.41) is 10.5. The molecule has 2 heterocycles. The molecule has 0 atom stereocenters.